The summed E-state index contributed by atoms with van der Waals surface area (Å²) in [5.74, 6) is 2.28. The van der Waals surface area contributed by atoms with E-state index in [4.69, 9.17) is 0 Å². The van der Waals surface area contributed by atoms with E-state index in [0.717, 1.165) is 0 Å². The molecular weight excluding hydrogens is 123 g/mol. The molecule has 0 unspecified atom stereocenters. The Morgan fingerprint density at radius 3 is 2.44 bits per heavy atom. The third-order valence-electron chi connectivity index (χ3n) is 1.28. The molecule has 1 rings (SSSR count). The van der Waals surface area contributed by atoms with Gasteiger partial charge in [-0.2, -0.15) is 0 Å². The van der Waals surface area contributed by atoms with Gasteiger partial charge < -0.3 is 0 Å². The first-order valence-electron chi connectivity index (χ1n) is 3.25. The Hall–Kier alpha value is -0.248. The van der Waals surface area contributed by atoms with Crippen molar-refractivity contribution in [1.82, 2.24) is 0 Å². The zero-order chi connectivity index (χ0) is 6.53. The quantitative estimate of drug-likeness (QED) is 0.541. The first-order valence-corrected chi connectivity index (χ1v) is 5.22. The van der Waals surface area contributed by atoms with Crippen LogP contribution in [0.15, 0.2) is 30.3 Å². The van der Waals surface area contributed by atoms with Gasteiger partial charge in [0.1, 0.15) is 0 Å². The monoisotopic (exact) mass is 133 g/mol. The molecule has 0 spiro atoms. The molecule has 0 aliphatic carbocycles. The van der Waals surface area contributed by atoms with Gasteiger partial charge in [-0.1, -0.05) is 41.2 Å². The second-order valence-corrected chi connectivity index (χ2v) is 3.32. The van der Waals surface area contributed by atoms with Gasteiger partial charge in [-0.3, -0.25) is 0 Å². The van der Waals surface area contributed by atoms with Gasteiger partial charge in [-0.15, -0.1) is 5.79 Å². The molecule has 0 fully saturated rings. The molecule has 1 aromatic rings. The molecule has 0 aromatic heterocycles. The molecule has 0 amide bonds. The van der Waals surface area contributed by atoms with Crippen LogP contribution in [0.3, 0.4) is 0 Å². The van der Waals surface area contributed by atoms with Gasteiger partial charge >= 0.3 is 0 Å². The van der Waals surface area contributed by atoms with Crippen LogP contribution in [0, 0.1) is 0 Å². The summed E-state index contributed by atoms with van der Waals surface area (Å²) in [6, 6.07) is 10.6. The Labute approximate surface area is 62.6 Å². The van der Waals surface area contributed by atoms with Crippen LogP contribution in [-0.2, 0) is 5.28 Å². The van der Waals surface area contributed by atoms with Crippen LogP contribution < -0.4 is 0 Å². The molecule has 0 heterocycles. The smallest absolute Gasteiger partial charge is 0.114 e. The lowest BCUT2D eigenvalue weighted by atomic mass is 10.2. The van der Waals surface area contributed by atoms with Crippen molar-refractivity contribution in [1.29, 1.82) is 0 Å². The van der Waals surface area contributed by atoms with Crippen molar-refractivity contribution in [2.45, 2.75) is 11.1 Å². The number of rotatable bonds is 2. The first-order chi connectivity index (χ1) is 4.43. The molecule has 1 aromatic carbocycles. The Morgan fingerprint density at radius 2 is 1.89 bits per heavy atom. The second kappa shape index (κ2) is 3.72. The predicted molar refractivity (Wildman–Crippen MR) is 41.8 cm³/mol. The Morgan fingerprint density at radius 1 is 1.22 bits per heavy atom. The van der Waals surface area contributed by atoms with E-state index >= 15 is 0 Å². The fourth-order valence-corrected chi connectivity index (χ4v) is 1.59. The van der Waals surface area contributed by atoms with E-state index < -0.39 is 0 Å². The van der Waals surface area contributed by atoms with Crippen LogP contribution in [0.4, 0.5) is 0 Å². The third kappa shape index (κ3) is 2.22. The Kier molecular flexibility index (Phi) is 2.84. The van der Waals surface area contributed by atoms with E-state index in [0.29, 0.717) is 15.2 Å². The van der Waals surface area contributed by atoms with Crippen molar-refractivity contribution in [2.24, 2.45) is 0 Å². The van der Waals surface area contributed by atoms with Crippen LogP contribution in [0.1, 0.15) is 5.56 Å². The standard InChI is InChI=1S/C7H7.CH3.Al/c1-7-5-3-2-4-6-7;;/h2-6H,1H2;1H3;. The van der Waals surface area contributed by atoms with Crippen molar-refractivity contribution < 1.29 is 0 Å². The summed E-state index contributed by atoms with van der Waals surface area (Å²) in [7, 11) is 0. The number of benzene rings is 1. The van der Waals surface area contributed by atoms with Crippen LogP contribution in [0.2, 0.25) is 5.79 Å². The van der Waals surface area contributed by atoms with Crippen LogP contribution in [-0.4, -0.2) is 15.2 Å². The third-order valence-corrected chi connectivity index (χ3v) is 2.16. The van der Waals surface area contributed by atoms with Crippen LogP contribution >= 0.6 is 0 Å². The number of hydrogen-bond donors (Lipinski definition) is 0. The highest BCUT2D eigenvalue weighted by atomic mass is 27.1. The predicted octanol–water partition coefficient (Wildman–Crippen LogP) is 1.94. The molecule has 45 valence electrons. The normalized spacial score (nSPS) is 9.00. The lowest BCUT2D eigenvalue weighted by molar-refractivity contribution is 1.38. The molecule has 0 atom stereocenters. The summed E-state index contributed by atoms with van der Waals surface area (Å²) in [5.41, 5.74) is 1.48. The maximum absolute atomic E-state index is 2.28. The van der Waals surface area contributed by atoms with E-state index in [-0.39, 0.29) is 0 Å². The van der Waals surface area contributed by atoms with Crippen molar-refractivity contribution in [3.63, 3.8) is 0 Å². The highest BCUT2D eigenvalue weighted by Gasteiger charge is 1.86. The fraction of sp³-hybridized carbons (Fsp3) is 0.250. The van der Waals surface area contributed by atoms with Gasteiger partial charge in [0, 0.05) is 0 Å². The minimum absolute atomic E-state index is 0.625. The van der Waals surface area contributed by atoms with E-state index in [2.05, 4.69) is 36.1 Å². The summed E-state index contributed by atoms with van der Waals surface area (Å²) >= 11 is 0.625. The molecule has 0 bridgehead atoms. The molecule has 0 nitrogen and oxygen atoms in total. The maximum Gasteiger partial charge on any atom is 0.202 e. The minimum atomic E-state index is 0.625. The molecule has 0 saturated heterocycles. The maximum atomic E-state index is 2.28. The zero-order valence-corrected chi connectivity index (χ0v) is 6.83. The average Bonchev–Trinajstić information content (AvgIpc) is 1.91. The highest BCUT2D eigenvalue weighted by Crippen LogP contribution is 1.97. The Balaban J connectivity index is 2.61. The summed E-state index contributed by atoms with van der Waals surface area (Å²) in [4.78, 5) is 0. The second-order valence-electron chi connectivity index (χ2n) is 2.10. The number of hydrogen-bond acceptors (Lipinski definition) is 0. The van der Waals surface area contributed by atoms with E-state index in [1.165, 1.54) is 10.8 Å². The molecule has 9 heavy (non-hydrogen) atoms. The Bertz CT molecular complexity index is 157. The van der Waals surface area contributed by atoms with Gasteiger partial charge in [-0.25, -0.2) is 0 Å². The van der Waals surface area contributed by atoms with Gasteiger partial charge in [0.25, 0.3) is 0 Å². The molecule has 0 aliphatic heterocycles. The summed E-state index contributed by atoms with van der Waals surface area (Å²) < 4.78 is 0. The van der Waals surface area contributed by atoms with Gasteiger partial charge in [0.15, 0.2) is 0 Å². The van der Waals surface area contributed by atoms with Crippen molar-refractivity contribution in [3.8, 4) is 0 Å². The minimum Gasteiger partial charge on any atom is -0.114 e. The fourth-order valence-electron chi connectivity index (χ4n) is 0.850. The summed E-state index contributed by atoms with van der Waals surface area (Å²) in [6.45, 7) is 0. The van der Waals surface area contributed by atoms with Gasteiger partial charge in [0.2, 0.25) is 15.2 Å². The average molecular weight is 133 g/mol. The van der Waals surface area contributed by atoms with E-state index in [1.54, 1.807) is 0 Å². The van der Waals surface area contributed by atoms with E-state index in [1.807, 2.05) is 0 Å². The van der Waals surface area contributed by atoms with Crippen molar-refractivity contribution >= 4 is 15.2 Å². The zero-order valence-electron chi connectivity index (χ0n) is 5.67. The lowest BCUT2D eigenvalue weighted by Crippen LogP contribution is -1.88. The molecule has 1 heteroatoms. The molecule has 0 N–H and O–H groups in total. The lowest BCUT2D eigenvalue weighted by Gasteiger charge is -1.92. The van der Waals surface area contributed by atoms with E-state index in [9.17, 15) is 0 Å². The SMILES string of the molecule is [CH3][Al][CH2]c1ccccc1. The molecule has 1 radical (unpaired) electrons. The molecule has 0 aliphatic rings. The summed E-state index contributed by atoms with van der Waals surface area (Å²) in [5, 5.41) is 1.29. The molecule has 0 saturated carbocycles. The van der Waals surface area contributed by atoms with Crippen LogP contribution in [0.5, 0.6) is 0 Å². The topological polar surface area (TPSA) is 0 Å². The van der Waals surface area contributed by atoms with Gasteiger partial charge in [-0.05, 0) is 0 Å². The highest BCUT2D eigenvalue weighted by molar-refractivity contribution is 6.32. The largest absolute Gasteiger partial charge is 0.202 e. The summed E-state index contributed by atoms with van der Waals surface area (Å²) in [6.07, 6.45) is 0. The van der Waals surface area contributed by atoms with Crippen molar-refractivity contribution in [3.05, 3.63) is 35.9 Å². The van der Waals surface area contributed by atoms with Crippen molar-refractivity contribution in [2.75, 3.05) is 0 Å². The molecular formula is C8H10Al. The van der Waals surface area contributed by atoms with Gasteiger partial charge in [0.05, 0.1) is 0 Å². The van der Waals surface area contributed by atoms with Crippen LogP contribution in [0.25, 0.3) is 0 Å². The first kappa shape index (κ1) is 6.87.